The summed E-state index contributed by atoms with van der Waals surface area (Å²) in [6.07, 6.45) is 3.59. The molecule has 0 aliphatic heterocycles. The van der Waals surface area contributed by atoms with Crippen molar-refractivity contribution < 1.29 is 9.53 Å². The number of thioether (sulfide) groups is 1. The van der Waals surface area contributed by atoms with Gasteiger partial charge in [-0.3, -0.25) is 4.79 Å². The SMILES string of the molecule is CCc1ccc([C@@H](C)NC(=O)CSc2nncn2CCCOC)cc1. The van der Waals surface area contributed by atoms with Gasteiger partial charge in [0.05, 0.1) is 11.8 Å². The molecule has 1 aromatic carbocycles. The van der Waals surface area contributed by atoms with E-state index in [1.54, 1.807) is 13.4 Å². The Morgan fingerprint density at radius 2 is 2.12 bits per heavy atom. The Morgan fingerprint density at radius 1 is 1.36 bits per heavy atom. The van der Waals surface area contributed by atoms with Gasteiger partial charge in [-0.15, -0.1) is 10.2 Å². The van der Waals surface area contributed by atoms with Crippen molar-refractivity contribution in [1.29, 1.82) is 0 Å². The number of hydrogen-bond donors (Lipinski definition) is 1. The van der Waals surface area contributed by atoms with E-state index in [1.807, 2.05) is 11.5 Å². The topological polar surface area (TPSA) is 69.0 Å². The summed E-state index contributed by atoms with van der Waals surface area (Å²) in [7, 11) is 1.68. The summed E-state index contributed by atoms with van der Waals surface area (Å²) in [6.45, 7) is 5.60. The van der Waals surface area contributed by atoms with Crippen molar-refractivity contribution >= 4 is 17.7 Å². The first kappa shape index (κ1) is 19.5. The third-order valence-electron chi connectivity index (χ3n) is 3.93. The summed E-state index contributed by atoms with van der Waals surface area (Å²) in [4.78, 5) is 12.2. The highest BCUT2D eigenvalue weighted by Crippen LogP contribution is 2.17. The predicted octanol–water partition coefficient (Wildman–Crippen LogP) is 2.85. The second kappa shape index (κ2) is 10.2. The van der Waals surface area contributed by atoms with Gasteiger partial charge in [0.1, 0.15) is 6.33 Å². The lowest BCUT2D eigenvalue weighted by atomic mass is 10.1. The van der Waals surface area contributed by atoms with Gasteiger partial charge in [-0.25, -0.2) is 0 Å². The van der Waals surface area contributed by atoms with E-state index in [9.17, 15) is 4.79 Å². The number of aromatic nitrogens is 3. The molecule has 0 radical (unpaired) electrons. The van der Waals surface area contributed by atoms with E-state index in [0.29, 0.717) is 12.4 Å². The van der Waals surface area contributed by atoms with Crippen LogP contribution in [0.3, 0.4) is 0 Å². The Morgan fingerprint density at radius 3 is 2.80 bits per heavy atom. The summed E-state index contributed by atoms with van der Waals surface area (Å²) in [5, 5.41) is 11.8. The van der Waals surface area contributed by atoms with Gasteiger partial charge in [0.25, 0.3) is 0 Å². The number of aryl methyl sites for hydroxylation is 2. The van der Waals surface area contributed by atoms with Crippen molar-refractivity contribution in [3.8, 4) is 0 Å². The number of nitrogens with zero attached hydrogens (tertiary/aromatic N) is 3. The highest BCUT2D eigenvalue weighted by molar-refractivity contribution is 7.99. The Balaban J connectivity index is 1.81. The molecule has 2 rings (SSSR count). The molecule has 2 aromatic rings. The third-order valence-corrected chi connectivity index (χ3v) is 4.91. The molecule has 1 heterocycles. The van der Waals surface area contributed by atoms with Crippen molar-refractivity contribution in [2.45, 2.75) is 44.4 Å². The van der Waals surface area contributed by atoms with Gasteiger partial charge in [-0.2, -0.15) is 0 Å². The van der Waals surface area contributed by atoms with Crippen LogP contribution in [0.2, 0.25) is 0 Å². The number of nitrogens with one attached hydrogen (secondary N) is 1. The second-order valence-electron chi connectivity index (χ2n) is 5.83. The zero-order valence-corrected chi connectivity index (χ0v) is 15.9. The maximum atomic E-state index is 12.2. The molecule has 0 saturated carbocycles. The Kier molecular flexibility index (Phi) is 7.94. The van der Waals surface area contributed by atoms with Gasteiger partial charge < -0.3 is 14.6 Å². The highest BCUT2D eigenvalue weighted by atomic mass is 32.2. The predicted molar refractivity (Wildman–Crippen MR) is 99.6 cm³/mol. The number of methoxy groups -OCH3 is 1. The minimum atomic E-state index is -0.0152. The molecule has 1 atom stereocenters. The van der Waals surface area contributed by atoms with Crippen molar-refractivity contribution in [2.75, 3.05) is 19.5 Å². The largest absolute Gasteiger partial charge is 0.385 e. The fourth-order valence-electron chi connectivity index (χ4n) is 2.43. The van der Waals surface area contributed by atoms with Gasteiger partial charge in [0.15, 0.2) is 5.16 Å². The van der Waals surface area contributed by atoms with Crippen LogP contribution in [0.5, 0.6) is 0 Å². The zero-order valence-electron chi connectivity index (χ0n) is 15.1. The van der Waals surface area contributed by atoms with Gasteiger partial charge in [-0.05, 0) is 30.9 Å². The van der Waals surface area contributed by atoms with E-state index < -0.39 is 0 Å². The van der Waals surface area contributed by atoms with Crippen LogP contribution in [-0.4, -0.2) is 40.1 Å². The lowest BCUT2D eigenvalue weighted by Gasteiger charge is -2.14. The Hall–Kier alpha value is -1.86. The average Bonchev–Trinajstić information content (AvgIpc) is 3.07. The molecule has 1 amide bonds. The first-order valence-electron chi connectivity index (χ1n) is 8.51. The fourth-order valence-corrected chi connectivity index (χ4v) is 3.18. The first-order valence-corrected chi connectivity index (χ1v) is 9.50. The maximum Gasteiger partial charge on any atom is 0.230 e. The van der Waals surface area contributed by atoms with E-state index in [2.05, 4.69) is 46.7 Å². The van der Waals surface area contributed by atoms with Crippen molar-refractivity contribution in [2.24, 2.45) is 0 Å². The van der Waals surface area contributed by atoms with E-state index in [4.69, 9.17) is 4.74 Å². The lowest BCUT2D eigenvalue weighted by molar-refractivity contribution is -0.119. The molecule has 1 aromatic heterocycles. The minimum Gasteiger partial charge on any atom is -0.385 e. The van der Waals surface area contributed by atoms with E-state index in [-0.39, 0.29) is 11.9 Å². The molecular formula is C18H26N4O2S. The number of carbonyl (C=O) groups excluding carboxylic acids is 1. The summed E-state index contributed by atoms with van der Waals surface area (Å²) in [5.41, 5.74) is 2.41. The van der Waals surface area contributed by atoms with Crippen molar-refractivity contribution in [3.63, 3.8) is 0 Å². The smallest absolute Gasteiger partial charge is 0.230 e. The standard InChI is InChI=1S/C18H26N4O2S/c1-4-15-6-8-16(9-7-15)14(2)20-17(23)12-25-18-21-19-13-22(18)10-5-11-24-3/h6-9,13-14H,4-5,10-12H2,1-3H3,(H,20,23)/t14-/m1/s1. The lowest BCUT2D eigenvalue weighted by Crippen LogP contribution is -2.28. The van der Waals surface area contributed by atoms with Crippen LogP contribution in [0, 0.1) is 0 Å². The number of carbonyl (C=O) groups is 1. The summed E-state index contributed by atoms with van der Waals surface area (Å²) >= 11 is 1.40. The first-order chi connectivity index (χ1) is 12.1. The maximum absolute atomic E-state index is 12.2. The summed E-state index contributed by atoms with van der Waals surface area (Å²) in [5.74, 6) is 0.309. The number of hydrogen-bond acceptors (Lipinski definition) is 5. The van der Waals surface area contributed by atoms with Gasteiger partial charge in [0, 0.05) is 20.3 Å². The molecule has 25 heavy (non-hydrogen) atoms. The molecule has 0 bridgehead atoms. The monoisotopic (exact) mass is 362 g/mol. The van der Waals surface area contributed by atoms with Crippen LogP contribution >= 0.6 is 11.8 Å². The second-order valence-corrected chi connectivity index (χ2v) is 6.77. The molecule has 6 nitrogen and oxygen atoms in total. The molecule has 0 fully saturated rings. The van der Waals surface area contributed by atoms with Gasteiger partial charge in [0.2, 0.25) is 5.91 Å². The molecule has 1 N–H and O–H groups in total. The van der Waals surface area contributed by atoms with Crippen LogP contribution in [0.25, 0.3) is 0 Å². The van der Waals surface area contributed by atoms with Gasteiger partial charge >= 0.3 is 0 Å². The number of ether oxygens (including phenoxy) is 1. The van der Waals surface area contributed by atoms with E-state index in [1.165, 1.54) is 17.3 Å². The van der Waals surface area contributed by atoms with Crippen molar-refractivity contribution in [1.82, 2.24) is 20.1 Å². The van der Waals surface area contributed by atoms with Crippen LogP contribution in [-0.2, 0) is 22.5 Å². The number of rotatable bonds is 10. The van der Waals surface area contributed by atoms with Crippen molar-refractivity contribution in [3.05, 3.63) is 41.7 Å². The van der Waals surface area contributed by atoms with Crippen LogP contribution < -0.4 is 5.32 Å². The third kappa shape index (κ3) is 6.17. The van der Waals surface area contributed by atoms with Crippen LogP contribution in [0.4, 0.5) is 0 Å². The zero-order chi connectivity index (χ0) is 18.1. The molecule has 0 aliphatic carbocycles. The molecular weight excluding hydrogens is 336 g/mol. The van der Waals surface area contributed by atoms with Gasteiger partial charge in [-0.1, -0.05) is 43.0 Å². The molecule has 0 aliphatic rings. The molecule has 0 spiro atoms. The van der Waals surface area contributed by atoms with Crippen LogP contribution in [0.1, 0.15) is 37.4 Å². The molecule has 7 heteroatoms. The number of amides is 1. The summed E-state index contributed by atoms with van der Waals surface area (Å²) < 4.78 is 7.00. The minimum absolute atomic E-state index is 0.0106. The van der Waals surface area contributed by atoms with E-state index >= 15 is 0 Å². The van der Waals surface area contributed by atoms with Crippen LogP contribution in [0.15, 0.2) is 35.7 Å². The normalized spacial score (nSPS) is 12.1. The fraction of sp³-hybridized carbons (Fsp3) is 0.500. The average molecular weight is 362 g/mol. The number of benzene rings is 1. The Labute approximate surface area is 153 Å². The molecule has 0 saturated heterocycles. The molecule has 136 valence electrons. The molecule has 0 unspecified atom stereocenters. The quantitative estimate of drug-likeness (QED) is 0.520. The Bertz CT molecular complexity index is 657. The van der Waals surface area contributed by atoms with E-state index in [0.717, 1.165) is 30.1 Å². The summed E-state index contributed by atoms with van der Waals surface area (Å²) in [6, 6.07) is 8.34. The highest BCUT2D eigenvalue weighted by Gasteiger charge is 2.12.